The molecule has 0 bridgehead atoms. The first-order chi connectivity index (χ1) is 12.1. The number of alkyl carbamates (subject to hydrolysis) is 1. The first-order valence-corrected chi connectivity index (χ1v) is 9.06. The van der Waals surface area contributed by atoms with Gasteiger partial charge in [0.1, 0.15) is 11.8 Å². The third-order valence-electron chi connectivity index (χ3n) is 3.60. The van der Waals surface area contributed by atoms with Gasteiger partial charge in [0.25, 0.3) is 0 Å². The molecule has 0 aliphatic carbocycles. The molecule has 2 N–H and O–H groups in total. The van der Waals surface area contributed by atoms with Crippen LogP contribution in [0.2, 0.25) is 0 Å². The highest BCUT2D eigenvalue weighted by molar-refractivity contribution is 7.18. The van der Waals surface area contributed by atoms with Gasteiger partial charge < -0.3 is 15.4 Å². The Morgan fingerprint density at radius 2 is 2.08 bits per heavy atom. The second kappa shape index (κ2) is 8.41. The molecule has 10 nitrogen and oxygen atoms in total. The maximum atomic E-state index is 12.0. The van der Waals surface area contributed by atoms with Crippen molar-refractivity contribution >= 4 is 33.5 Å². The summed E-state index contributed by atoms with van der Waals surface area (Å²) < 4.78 is 5.24. The number of ether oxygens (including phenoxy) is 1. The van der Waals surface area contributed by atoms with Crippen LogP contribution in [0.25, 0.3) is 0 Å². The summed E-state index contributed by atoms with van der Waals surface area (Å²) in [4.78, 5) is 39.6. The maximum Gasteiger partial charge on any atom is 0.407 e. The number of anilines is 1. The summed E-state index contributed by atoms with van der Waals surface area (Å²) in [6.07, 6.45) is 2.12. The standard InChI is InChI=1S/C15H23N5O5S/c1-15(2,3)25-14(22)17-10-4-6-19(7-5-10)9-11(21)18-13-16-8-12(26-13)20(23)24/h8,10H,4-7,9H2,1-3H3,(H,17,22)(H,16,18,21). The van der Waals surface area contributed by atoms with Gasteiger partial charge in [-0.3, -0.25) is 19.8 Å². The number of likely N-dealkylation sites (tertiary alicyclic amines) is 1. The summed E-state index contributed by atoms with van der Waals surface area (Å²) in [5, 5.41) is 16.1. The zero-order valence-electron chi connectivity index (χ0n) is 15.0. The molecule has 1 aliphatic rings. The number of rotatable bonds is 5. The Kier molecular flexibility index (Phi) is 6.48. The second-order valence-electron chi connectivity index (χ2n) is 7.01. The van der Waals surface area contributed by atoms with Crippen molar-refractivity contribution in [2.75, 3.05) is 25.0 Å². The van der Waals surface area contributed by atoms with Gasteiger partial charge in [-0.1, -0.05) is 0 Å². The quantitative estimate of drug-likeness (QED) is 0.586. The predicted molar refractivity (Wildman–Crippen MR) is 96.2 cm³/mol. The summed E-state index contributed by atoms with van der Waals surface area (Å²) in [6.45, 7) is 6.92. The Labute approximate surface area is 155 Å². The zero-order chi connectivity index (χ0) is 19.3. The van der Waals surface area contributed by atoms with Crippen LogP contribution in [-0.2, 0) is 9.53 Å². The Morgan fingerprint density at radius 1 is 1.42 bits per heavy atom. The molecule has 0 unspecified atom stereocenters. The molecular formula is C15H23N5O5S. The number of thiazole rings is 1. The predicted octanol–water partition coefficient (Wildman–Crippen LogP) is 1.98. The van der Waals surface area contributed by atoms with Crippen LogP contribution < -0.4 is 10.6 Å². The lowest BCUT2D eigenvalue weighted by molar-refractivity contribution is -0.380. The largest absolute Gasteiger partial charge is 0.444 e. The molecule has 11 heteroatoms. The number of amides is 2. The number of carbonyl (C=O) groups is 2. The van der Waals surface area contributed by atoms with Crippen LogP contribution in [0, 0.1) is 10.1 Å². The summed E-state index contributed by atoms with van der Waals surface area (Å²) in [5.41, 5.74) is -0.534. The molecule has 2 amide bonds. The Hall–Kier alpha value is -2.27. The average molecular weight is 385 g/mol. The molecule has 0 aromatic carbocycles. The molecule has 0 radical (unpaired) electrons. The van der Waals surface area contributed by atoms with Crippen molar-refractivity contribution < 1.29 is 19.2 Å². The van der Waals surface area contributed by atoms with E-state index >= 15 is 0 Å². The summed E-state index contributed by atoms with van der Waals surface area (Å²) in [5.74, 6) is -0.271. The molecule has 1 fully saturated rings. The normalized spacial score (nSPS) is 16.1. The third-order valence-corrected chi connectivity index (χ3v) is 4.46. The molecule has 144 valence electrons. The molecule has 0 saturated carbocycles. The molecule has 26 heavy (non-hydrogen) atoms. The van der Waals surface area contributed by atoms with E-state index in [1.54, 1.807) is 0 Å². The van der Waals surface area contributed by atoms with Gasteiger partial charge in [0.2, 0.25) is 5.91 Å². The highest BCUT2D eigenvalue weighted by atomic mass is 32.1. The first-order valence-electron chi connectivity index (χ1n) is 8.24. The minimum absolute atomic E-state index is 0.0192. The molecule has 0 atom stereocenters. The van der Waals surface area contributed by atoms with Crippen molar-refractivity contribution in [1.29, 1.82) is 0 Å². The van der Waals surface area contributed by atoms with E-state index in [1.807, 2.05) is 25.7 Å². The summed E-state index contributed by atoms with van der Waals surface area (Å²) in [6, 6.07) is 0.0192. The van der Waals surface area contributed by atoms with E-state index in [4.69, 9.17) is 4.74 Å². The van der Waals surface area contributed by atoms with Crippen LogP contribution in [0.15, 0.2) is 6.20 Å². The highest BCUT2D eigenvalue weighted by Gasteiger charge is 2.24. The number of nitro groups is 1. The van der Waals surface area contributed by atoms with Crippen LogP contribution in [0.4, 0.5) is 14.9 Å². The molecule has 1 saturated heterocycles. The van der Waals surface area contributed by atoms with Gasteiger partial charge in [-0.15, -0.1) is 0 Å². The molecule has 0 spiro atoms. The zero-order valence-corrected chi connectivity index (χ0v) is 15.8. The lowest BCUT2D eigenvalue weighted by Gasteiger charge is -2.32. The molecule has 2 rings (SSSR count). The molecule has 2 heterocycles. The fourth-order valence-electron chi connectivity index (χ4n) is 2.48. The summed E-state index contributed by atoms with van der Waals surface area (Å²) in [7, 11) is 0. The smallest absolute Gasteiger partial charge is 0.407 e. The van der Waals surface area contributed by atoms with Gasteiger partial charge in [-0.25, -0.2) is 9.78 Å². The van der Waals surface area contributed by atoms with Crippen molar-refractivity contribution in [3.63, 3.8) is 0 Å². The Bertz CT molecular complexity index is 664. The number of hydrogen-bond donors (Lipinski definition) is 2. The van der Waals surface area contributed by atoms with Crippen LogP contribution in [0.5, 0.6) is 0 Å². The topological polar surface area (TPSA) is 127 Å². The van der Waals surface area contributed by atoms with E-state index in [2.05, 4.69) is 15.6 Å². The number of piperidine rings is 1. The fourth-order valence-corrected chi connectivity index (χ4v) is 3.13. The van der Waals surface area contributed by atoms with Gasteiger partial charge >= 0.3 is 11.1 Å². The number of carbonyl (C=O) groups excluding carboxylic acids is 2. The monoisotopic (exact) mass is 385 g/mol. The van der Waals surface area contributed by atoms with E-state index in [0.29, 0.717) is 13.1 Å². The van der Waals surface area contributed by atoms with Crippen LogP contribution in [-0.4, -0.2) is 58.1 Å². The number of nitrogens with one attached hydrogen (secondary N) is 2. The Morgan fingerprint density at radius 3 is 2.62 bits per heavy atom. The van der Waals surface area contributed by atoms with E-state index < -0.39 is 16.6 Å². The van der Waals surface area contributed by atoms with Crippen LogP contribution in [0.1, 0.15) is 33.6 Å². The SMILES string of the molecule is CC(C)(C)OC(=O)NC1CCN(CC(=O)Nc2ncc([N+](=O)[O-])s2)CC1. The van der Waals surface area contributed by atoms with Crippen molar-refractivity contribution in [1.82, 2.24) is 15.2 Å². The minimum atomic E-state index is -0.546. The maximum absolute atomic E-state index is 12.0. The average Bonchev–Trinajstić information content (AvgIpc) is 2.96. The van der Waals surface area contributed by atoms with E-state index in [9.17, 15) is 19.7 Å². The van der Waals surface area contributed by atoms with Crippen molar-refractivity contribution in [2.24, 2.45) is 0 Å². The second-order valence-corrected chi connectivity index (χ2v) is 8.01. The van der Waals surface area contributed by atoms with Crippen molar-refractivity contribution in [3.05, 3.63) is 16.3 Å². The highest BCUT2D eigenvalue weighted by Crippen LogP contribution is 2.24. The van der Waals surface area contributed by atoms with Crippen molar-refractivity contribution in [2.45, 2.75) is 45.3 Å². The Balaban J connectivity index is 1.71. The lowest BCUT2D eigenvalue weighted by atomic mass is 10.1. The summed E-state index contributed by atoms with van der Waals surface area (Å²) >= 11 is 0.821. The van der Waals surface area contributed by atoms with E-state index in [1.165, 1.54) is 0 Å². The number of aromatic nitrogens is 1. The molecule has 1 aliphatic heterocycles. The van der Waals surface area contributed by atoms with Crippen LogP contribution >= 0.6 is 11.3 Å². The van der Waals surface area contributed by atoms with Gasteiger partial charge in [-0.05, 0) is 44.9 Å². The van der Waals surface area contributed by atoms with E-state index in [0.717, 1.165) is 30.4 Å². The fraction of sp³-hybridized carbons (Fsp3) is 0.667. The van der Waals surface area contributed by atoms with E-state index in [-0.39, 0.29) is 28.6 Å². The van der Waals surface area contributed by atoms with Gasteiger partial charge in [0.05, 0.1) is 11.5 Å². The first kappa shape index (κ1) is 20.0. The molecular weight excluding hydrogens is 362 g/mol. The van der Waals surface area contributed by atoms with Crippen LogP contribution in [0.3, 0.4) is 0 Å². The van der Waals surface area contributed by atoms with Gasteiger partial charge in [-0.2, -0.15) is 0 Å². The molecule has 1 aromatic heterocycles. The molecule has 1 aromatic rings. The minimum Gasteiger partial charge on any atom is -0.444 e. The van der Waals surface area contributed by atoms with Gasteiger partial charge in [0.15, 0.2) is 5.13 Å². The lowest BCUT2D eigenvalue weighted by Crippen LogP contribution is -2.47. The number of hydrogen-bond acceptors (Lipinski definition) is 8. The number of nitrogens with zero attached hydrogens (tertiary/aromatic N) is 3. The third kappa shape index (κ3) is 6.56. The van der Waals surface area contributed by atoms with Gasteiger partial charge in [0, 0.05) is 19.1 Å². The van der Waals surface area contributed by atoms with Crippen molar-refractivity contribution in [3.8, 4) is 0 Å².